The van der Waals surface area contributed by atoms with Crippen LogP contribution < -0.4 is 10.2 Å². The molecule has 0 aliphatic rings. The van der Waals surface area contributed by atoms with E-state index in [9.17, 15) is 9.90 Å². The van der Waals surface area contributed by atoms with E-state index in [0.29, 0.717) is 12.4 Å². The van der Waals surface area contributed by atoms with Gasteiger partial charge < -0.3 is 15.3 Å². The molecule has 0 bridgehead atoms. The van der Waals surface area contributed by atoms with Crippen molar-refractivity contribution in [2.24, 2.45) is 5.92 Å². The van der Waals surface area contributed by atoms with Gasteiger partial charge in [0.1, 0.15) is 5.82 Å². The molecule has 2 N–H and O–H groups in total. The first-order valence-electron chi connectivity index (χ1n) is 6.03. The number of hydrogen-bond acceptors (Lipinski definition) is 4. The third-order valence-corrected chi connectivity index (χ3v) is 2.87. The maximum atomic E-state index is 11.5. The summed E-state index contributed by atoms with van der Waals surface area (Å²) < 4.78 is 0. The van der Waals surface area contributed by atoms with Crippen molar-refractivity contribution in [3.8, 4) is 0 Å². The number of anilines is 1. The van der Waals surface area contributed by atoms with Gasteiger partial charge >= 0.3 is 0 Å². The first kappa shape index (κ1) is 14.4. The number of carbonyl (C=O) groups is 1. The van der Waals surface area contributed by atoms with E-state index >= 15 is 0 Å². The summed E-state index contributed by atoms with van der Waals surface area (Å²) in [6, 6.07) is 3.63. The number of nitrogens with zero attached hydrogens (tertiary/aromatic N) is 2. The largest absolute Gasteiger partial charge is 0.389 e. The molecule has 1 aromatic heterocycles. The molecule has 0 aromatic carbocycles. The molecule has 1 aromatic rings. The summed E-state index contributed by atoms with van der Waals surface area (Å²) in [6.45, 7) is 4.12. The van der Waals surface area contributed by atoms with Crippen LogP contribution in [0.5, 0.6) is 0 Å². The van der Waals surface area contributed by atoms with Crippen molar-refractivity contribution in [3.63, 3.8) is 0 Å². The molecule has 1 amide bonds. The number of amides is 1. The van der Waals surface area contributed by atoms with Crippen LogP contribution in [0.2, 0.25) is 0 Å². The highest BCUT2D eigenvalue weighted by Gasteiger charge is 2.17. The Bertz CT molecular complexity index is 407. The molecule has 5 nitrogen and oxygen atoms in total. The Morgan fingerprint density at radius 3 is 2.78 bits per heavy atom. The summed E-state index contributed by atoms with van der Waals surface area (Å²) in [5.41, 5.74) is 0.768. The Labute approximate surface area is 108 Å². The minimum absolute atomic E-state index is 0.00335. The average molecular weight is 251 g/mol. The van der Waals surface area contributed by atoms with Gasteiger partial charge in [0.25, 0.3) is 0 Å². The van der Waals surface area contributed by atoms with E-state index < -0.39 is 6.10 Å². The smallest absolute Gasteiger partial charge is 0.224 e. The van der Waals surface area contributed by atoms with Crippen molar-refractivity contribution in [1.82, 2.24) is 10.3 Å². The maximum absolute atomic E-state index is 11.5. The van der Waals surface area contributed by atoms with Crippen LogP contribution in [0.25, 0.3) is 0 Å². The molecule has 1 unspecified atom stereocenters. The summed E-state index contributed by atoms with van der Waals surface area (Å²) in [4.78, 5) is 17.7. The summed E-state index contributed by atoms with van der Waals surface area (Å²) in [5, 5.41) is 12.3. The zero-order chi connectivity index (χ0) is 13.7. The zero-order valence-corrected chi connectivity index (χ0v) is 11.3. The SMILES string of the molecule is CNC(=O)C(C)CN(C)c1ncccc1[C@H](C)O. The molecule has 5 heteroatoms. The third kappa shape index (κ3) is 3.43. The molecule has 0 fully saturated rings. The van der Waals surface area contributed by atoms with Gasteiger partial charge in [-0.2, -0.15) is 0 Å². The number of rotatable bonds is 5. The maximum Gasteiger partial charge on any atom is 0.224 e. The number of carbonyl (C=O) groups excluding carboxylic acids is 1. The van der Waals surface area contributed by atoms with E-state index in [1.54, 1.807) is 26.2 Å². The van der Waals surface area contributed by atoms with Gasteiger partial charge in [0.2, 0.25) is 5.91 Å². The molecule has 0 saturated carbocycles. The van der Waals surface area contributed by atoms with Crippen LogP contribution in [0.3, 0.4) is 0 Å². The molecule has 18 heavy (non-hydrogen) atoms. The van der Waals surface area contributed by atoms with E-state index in [2.05, 4.69) is 10.3 Å². The van der Waals surface area contributed by atoms with Crippen molar-refractivity contribution in [1.29, 1.82) is 0 Å². The van der Waals surface area contributed by atoms with Gasteiger partial charge in [-0.1, -0.05) is 13.0 Å². The van der Waals surface area contributed by atoms with Crippen LogP contribution in [0, 0.1) is 5.92 Å². The zero-order valence-electron chi connectivity index (χ0n) is 11.3. The number of nitrogens with one attached hydrogen (secondary N) is 1. The minimum atomic E-state index is -0.577. The Kier molecular flexibility index (Phi) is 5.09. The van der Waals surface area contributed by atoms with E-state index in [4.69, 9.17) is 0 Å². The number of aliphatic hydroxyl groups excluding tert-OH is 1. The Balaban J connectivity index is 2.84. The van der Waals surface area contributed by atoms with Crippen LogP contribution in [-0.4, -0.2) is 36.6 Å². The molecular formula is C13H21N3O2. The lowest BCUT2D eigenvalue weighted by Gasteiger charge is -2.24. The predicted molar refractivity (Wildman–Crippen MR) is 71.4 cm³/mol. The van der Waals surface area contributed by atoms with E-state index in [1.165, 1.54) is 0 Å². The fourth-order valence-electron chi connectivity index (χ4n) is 1.88. The van der Waals surface area contributed by atoms with Crippen molar-refractivity contribution >= 4 is 11.7 Å². The standard InChI is InChI=1S/C13H21N3O2/c1-9(13(18)14-3)8-16(4)12-11(10(2)17)6-5-7-15-12/h5-7,9-10,17H,8H2,1-4H3,(H,14,18)/t9?,10-/m0/s1. The van der Waals surface area contributed by atoms with Gasteiger partial charge in [0.15, 0.2) is 0 Å². The monoisotopic (exact) mass is 251 g/mol. The molecule has 0 aliphatic carbocycles. The molecule has 100 valence electrons. The van der Waals surface area contributed by atoms with Gasteiger partial charge in [-0.3, -0.25) is 4.79 Å². The van der Waals surface area contributed by atoms with Gasteiger partial charge in [-0.15, -0.1) is 0 Å². The van der Waals surface area contributed by atoms with Crippen molar-refractivity contribution < 1.29 is 9.90 Å². The summed E-state index contributed by atoms with van der Waals surface area (Å²) in [5.74, 6) is 0.573. The van der Waals surface area contributed by atoms with Crippen LogP contribution in [-0.2, 0) is 4.79 Å². The normalized spacial score (nSPS) is 13.8. The lowest BCUT2D eigenvalue weighted by molar-refractivity contribution is -0.123. The summed E-state index contributed by atoms with van der Waals surface area (Å²) >= 11 is 0. The highest BCUT2D eigenvalue weighted by Crippen LogP contribution is 2.23. The number of pyridine rings is 1. The van der Waals surface area contributed by atoms with Gasteiger partial charge in [0, 0.05) is 32.4 Å². The Morgan fingerprint density at radius 1 is 1.56 bits per heavy atom. The van der Waals surface area contributed by atoms with Crippen molar-refractivity contribution in [3.05, 3.63) is 23.9 Å². The summed E-state index contributed by atoms with van der Waals surface area (Å²) in [7, 11) is 3.49. The second-order valence-corrected chi connectivity index (χ2v) is 4.49. The average Bonchev–Trinajstić information content (AvgIpc) is 2.37. The molecule has 1 heterocycles. The molecule has 2 atom stereocenters. The van der Waals surface area contributed by atoms with Crippen LogP contribution in [0.1, 0.15) is 25.5 Å². The first-order valence-corrected chi connectivity index (χ1v) is 6.03. The topological polar surface area (TPSA) is 65.5 Å². The van der Waals surface area contributed by atoms with E-state index in [0.717, 1.165) is 5.56 Å². The molecular weight excluding hydrogens is 230 g/mol. The molecule has 0 radical (unpaired) electrons. The van der Waals surface area contributed by atoms with E-state index in [-0.39, 0.29) is 11.8 Å². The molecule has 0 spiro atoms. The van der Waals surface area contributed by atoms with Crippen molar-refractivity contribution in [2.45, 2.75) is 20.0 Å². The predicted octanol–water partition coefficient (Wildman–Crippen LogP) is 0.953. The first-order chi connectivity index (χ1) is 8.47. The minimum Gasteiger partial charge on any atom is -0.389 e. The van der Waals surface area contributed by atoms with Crippen LogP contribution in [0.4, 0.5) is 5.82 Å². The molecule has 0 aliphatic heterocycles. The number of aliphatic hydroxyl groups is 1. The highest BCUT2D eigenvalue weighted by molar-refractivity contribution is 5.78. The van der Waals surface area contributed by atoms with Gasteiger partial charge in [-0.05, 0) is 13.0 Å². The quantitative estimate of drug-likeness (QED) is 0.818. The Hall–Kier alpha value is -1.62. The lowest BCUT2D eigenvalue weighted by atomic mass is 10.1. The Morgan fingerprint density at radius 2 is 2.22 bits per heavy atom. The summed E-state index contributed by atoms with van der Waals surface area (Å²) in [6.07, 6.45) is 1.11. The third-order valence-electron chi connectivity index (χ3n) is 2.87. The second-order valence-electron chi connectivity index (χ2n) is 4.49. The second kappa shape index (κ2) is 6.35. The van der Waals surface area contributed by atoms with Crippen LogP contribution >= 0.6 is 0 Å². The molecule has 0 saturated heterocycles. The van der Waals surface area contributed by atoms with Crippen LogP contribution in [0.15, 0.2) is 18.3 Å². The number of aromatic nitrogens is 1. The van der Waals surface area contributed by atoms with E-state index in [1.807, 2.05) is 24.9 Å². The van der Waals surface area contributed by atoms with Gasteiger partial charge in [0.05, 0.1) is 12.0 Å². The van der Waals surface area contributed by atoms with Crippen molar-refractivity contribution in [2.75, 3.05) is 25.5 Å². The van der Waals surface area contributed by atoms with Gasteiger partial charge in [-0.25, -0.2) is 4.98 Å². The highest BCUT2D eigenvalue weighted by atomic mass is 16.3. The molecule has 1 rings (SSSR count). The fraction of sp³-hybridized carbons (Fsp3) is 0.538. The fourth-order valence-corrected chi connectivity index (χ4v) is 1.88. The number of hydrogen-bond donors (Lipinski definition) is 2. The lowest BCUT2D eigenvalue weighted by Crippen LogP contribution is -2.35.